The second-order valence-electron chi connectivity index (χ2n) is 3.51. The van der Waals surface area contributed by atoms with Crippen molar-refractivity contribution in [2.24, 2.45) is 5.73 Å². The number of nitrogens with one attached hydrogen (secondary N) is 1. The predicted octanol–water partition coefficient (Wildman–Crippen LogP) is 2.09. The smallest absolute Gasteiger partial charge is 0.122 e. The van der Waals surface area contributed by atoms with Crippen molar-refractivity contribution >= 4 is 34.2 Å². The van der Waals surface area contributed by atoms with Gasteiger partial charge in [-0.3, -0.25) is 4.98 Å². The second kappa shape index (κ2) is 5.20. The van der Waals surface area contributed by atoms with E-state index in [-0.39, 0.29) is 0 Å². The lowest BCUT2D eigenvalue weighted by molar-refractivity contribution is 1.05. The van der Waals surface area contributed by atoms with Crippen LogP contribution in [0.1, 0.15) is 16.4 Å². The molecule has 2 rings (SSSR count). The van der Waals surface area contributed by atoms with E-state index in [4.69, 9.17) is 18.0 Å². The molecule has 0 saturated carbocycles. The van der Waals surface area contributed by atoms with Gasteiger partial charge >= 0.3 is 0 Å². The van der Waals surface area contributed by atoms with E-state index in [0.29, 0.717) is 17.2 Å². The Morgan fingerprint density at radius 3 is 3.06 bits per heavy atom. The zero-order chi connectivity index (χ0) is 12.3. The zero-order valence-corrected chi connectivity index (χ0v) is 10.9. The van der Waals surface area contributed by atoms with Crippen molar-refractivity contribution in [3.8, 4) is 0 Å². The minimum absolute atomic E-state index is 0.304. The van der Waals surface area contributed by atoms with Crippen molar-refractivity contribution in [3.63, 3.8) is 0 Å². The van der Waals surface area contributed by atoms with Gasteiger partial charge in [-0.05, 0) is 19.1 Å². The molecule has 0 radical (unpaired) electrons. The Balaban J connectivity index is 2.04. The monoisotopic (exact) mass is 264 g/mol. The first-order chi connectivity index (χ1) is 8.15. The van der Waals surface area contributed by atoms with Crippen LogP contribution in [0.4, 0.5) is 5.69 Å². The number of hydrogen-bond acceptors (Lipinski definition) is 5. The summed E-state index contributed by atoms with van der Waals surface area (Å²) in [6.45, 7) is 2.68. The first-order valence-electron chi connectivity index (χ1n) is 5.06. The number of thiazole rings is 1. The van der Waals surface area contributed by atoms with Gasteiger partial charge in [0, 0.05) is 17.3 Å². The normalized spacial score (nSPS) is 10.2. The van der Waals surface area contributed by atoms with Crippen LogP contribution in [0, 0.1) is 6.92 Å². The highest BCUT2D eigenvalue weighted by molar-refractivity contribution is 7.80. The Morgan fingerprint density at radius 1 is 1.59 bits per heavy atom. The lowest BCUT2D eigenvalue weighted by Crippen LogP contribution is -2.12. The molecule has 6 heteroatoms. The summed E-state index contributed by atoms with van der Waals surface area (Å²) in [6, 6.07) is 3.71. The molecule has 3 N–H and O–H groups in total. The Morgan fingerprint density at radius 2 is 2.41 bits per heavy atom. The van der Waals surface area contributed by atoms with Gasteiger partial charge in [-0.15, -0.1) is 11.3 Å². The first-order valence-corrected chi connectivity index (χ1v) is 6.34. The van der Waals surface area contributed by atoms with E-state index < -0.39 is 0 Å². The number of aryl methyl sites for hydroxylation is 1. The van der Waals surface area contributed by atoms with E-state index in [0.717, 1.165) is 16.4 Å². The van der Waals surface area contributed by atoms with Gasteiger partial charge in [-0.2, -0.15) is 0 Å². The van der Waals surface area contributed by atoms with Gasteiger partial charge in [0.25, 0.3) is 0 Å². The summed E-state index contributed by atoms with van der Waals surface area (Å²) in [5.74, 6) is 0. The predicted molar refractivity (Wildman–Crippen MR) is 74.3 cm³/mol. The summed E-state index contributed by atoms with van der Waals surface area (Å²) in [5, 5.41) is 6.37. The highest BCUT2D eigenvalue weighted by atomic mass is 32.1. The number of rotatable bonds is 4. The number of anilines is 1. The van der Waals surface area contributed by atoms with E-state index in [1.807, 2.05) is 24.4 Å². The quantitative estimate of drug-likeness (QED) is 0.828. The van der Waals surface area contributed by atoms with Crippen molar-refractivity contribution in [2.75, 3.05) is 5.32 Å². The molecule has 0 unspecified atom stereocenters. The molecule has 2 aromatic heterocycles. The van der Waals surface area contributed by atoms with Crippen LogP contribution in [-0.4, -0.2) is 15.0 Å². The third-order valence-electron chi connectivity index (χ3n) is 2.15. The van der Waals surface area contributed by atoms with Gasteiger partial charge in [0.05, 0.1) is 22.9 Å². The third kappa shape index (κ3) is 3.21. The summed E-state index contributed by atoms with van der Waals surface area (Å²) in [7, 11) is 0. The van der Waals surface area contributed by atoms with Crippen molar-refractivity contribution in [2.45, 2.75) is 13.5 Å². The first kappa shape index (κ1) is 11.9. The number of nitrogens with two attached hydrogens (primary N) is 1. The largest absolute Gasteiger partial charge is 0.388 e. The maximum Gasteiger partial charge on any atom is 0.122 e. The Labute approximate surface area is 109 Å². The molecular formula is C11H12N4S2. The summed E-state index contributed by atoms with van der Waals surface area (Å²) >= 11 is 6.52. The fraction of sp³-hybridized carbons (Fsp3) is 0.182. The fourth-order valence-electron chi connectivity index (χ4n) is 1.36. The molecule has 0 atom stereocenters. The molecule has 0 aliphatic rings. The molecule has 0 aliphatic heterocycles. The summed E-state index contributed by atoms with van der Waals surface area (Å²) in [5.41, 5.74) is 8.12. The third-order valence-corrected chi connectivity index (χ3v) is 3.18. The van der Waals surface area contributed by atoms with Gasteiger partial charge in [-0.25, -0.2) is 4.98 Å². The van der Waals surface area contributed by atoms with Crippen LogP contribution in [-0.2, 0) is 6.54 Å². The van der Waals surface area contributed by atoms with Crippen molar-refractivity contribution in [1.29, 1.82) is 0 Å². The molecule has 2 heterocycles. The zero-order valence-electron chi connectivity index (χ0n) is 9.30. The average Bonchev–Trinajstić information content (AvgIpc) is 2.73. The van der Waals surface area contributed by atoms with Crippen molar-refractivity contribution in [1.82, 2.24) is 9.97 Å². The van der Waals surface area contributed by atoms with Gasteiger partial charge in [-0.1, -0.05) is 12.2 Å². The minimum atomic E-state index is 0.304. The molecule has 17 heavy (non-hydrogen) atoms. The van der Waals surface area contributed by atoms with Crippen molar-refractivity contribution in [3.05, 3.63) is 40.1 Å². The maximum atomic E-state index is 5.52. The summed E-state index contributed by atoms with van der Waals surface area (Å²) in [4.78, 5) is 8.76. The van der Waals surface area contributed by atoms with Gasteiger partial charge in [0.15, 0.2) is 0 Å². The molecule has 0 amide bonds. The van der Waals surface area contributed by atoms with Crippen LogP contribution in [0.15, 0.2) is 23.7 Å². The van der Waals surface area contributed by atoms with Crippen LogP contribution in [0.25, 0.3) is 0 Å². The summed E-state index contributed by atoms with van der Waals surface area (Å²) in [6.07, 6.45) is 1.68. The minimum Gasteiger partial charge on any atom is -0.388 e. The molecule has 4 nitrogen and oxygen atoms in total. The van der Waals surface area contributed by atoms with Crippen LogP contribution in [0.5, 0.6) is 0 Å². The molecule has 0 saturated heterocycles. The van der Waals surface area contributed by atoms with E-state index in [2.05, 4.69) is 15.3 Å². The van der Waals surface area contributed by atoms with E-state index in [1.165, 1.54) is 0 Å². The topological polar surface area (TPSA) is 63.8 Å². The van der Waals surface area contributed by atoms with Crippen molar-refractivity contribution < 1.29 is 0 Å². The number of thiocarbonyl (C=S) groups is 1. The molecule has 0 spiro atoms. The lowest BCUT2D eigenvalue weighted by Gasteiger charge is -2.05. The standard InChI is InChI=1S/C11H12N4S2/c1-7-15-9(6-17-7)5-14-8-2-3-13-10(4-8)11(12)16/h2-4,6H,5H2,1H3,(H2,12,16)(H,13,14). The van der Waals surface area contributed by atoms with Crippen LogP contribution >= 0.6 is 23.6 Å². The molecular weight excluding hydrogens is 252 g/mol. The van der Waals surface area contributed by atoms with Crippen LogP contribution in [0.3, 0.4) is 0 Å². The fourth-order valence-corrected chi connectivity index (χ4v) is 2.08. The van der Waals surface area contributed by atoms with E-state index >= 15 is 0 Å². The number of nitrogens with zero attached hydrogens (tertiary/aromatic N) is 2. The maximum absolute atomic E-state index is 5.52. The van der Waals surface area contributed by atoms with E-state index in [1.54, 1.807) is 17.5 Å². The number of pyridine rings is 1. The number of hydrogen-bond donors (Lipinski definition) is 2. The van der Waals surface area contributed by atoms with Gasteiger partial charge in [0.2, 0.25) is 0 Å². The lowest BCUT2D eigenvalue weighted by atomic mass is 10.3. The average molecular weight is 264 g/mol. The Hall–Kier alpha value is -1.53. The van der Waals surface area contributed by atoms with Crippen LogP contribution < -0.4 is 11.1 Å². The second-order valence-corrected chi connectivity index (χ2v) is 5.01. The van der Waals surface area contributed by atoms with Crippen LogP contribution in [0.2, 0.25) is 0 Å². The molecule has 0 bridgehead atoms. The number of aromatic nitrogens is 2. The molecule has 0 aromatic carbocycles. The molecule has 88 valence electrons. The molecule has 2 aromatic rings. The summed E-state index contributed by atoms with van der Waals surface area (Å²) < 4.78 is 0. The van der Waals surface area contributed by atoms with Gasteiger partial charge < -0.3 is 11.1 Å². The highest BCUT2D eigenvalue weighted by Crippen LogP contribution is 2.12. The highest BCUT2D eigenvalue weighted by Gasteiger charge is 2.01. The van der Waals surface area contributed by atoms with Gasteiger partial charge in [0.1, 0.15) is 4.99 Å². The Kier molecular flexibility index (Phi) is 3.65. The molecule has 0 fully saturated rings. The SMILES string of the molecule is Cc1nc(CNc2ccnc(C(N)=S)c2)cs1. The molecule has 0 aliphatic carbocycles. The Bertz CT molecular complexity index is 536. The van der Waals surface area contributed by atoms with E-state index in [9.17, 15) is 0 Å².